The van der Waals surface area contributed by atoms with Gasteiger partial charge in [0.2, 0.25) is 5.95 Å². The van der Waals surface area contributed by atoms with Crippen LogP contribution in [0, 0.1) is 0 Å². The first kappa shape index (κ1) is 24.0. The fourth-order valence-electron chi connectivity index (χ4n) is 3.40. The first-order valence-corrected chi connectivity index (χ1v) is 11.3. The lowest BCUT2D eigenvalue weighted by Crippen LogP contribution is -2.23. The highest BCUT2D eigenvalue weighted by Gasteiger charge is 2.15. The normalized spacial score (nSPS) is 10.9. The zero-order valence-electron chi connectivity index (χ0n) is 19.5. The van der Waals surface area contributed by atoms with Crippen LogP contribution in [0.15, 0.2) is 60.9 Å². The number of ether oxygens (including phenoxy) is 1. The Bertz CT molecular complexity index is 1350. The van der Waals surface area contributed by atoms with Gasteiger partial charge in [0.05, 0.1) is 24.6 Å². The van der Waals surface area contributed by atoms with E-state index < -0.39 is 0 Å². The Morgan fingerprint density at radius 3 is 2.74 bits per heavy atom. The van der Waals surface area contributed by atoms with E-state index in [1.807, 2.05) is 6.07 Å². The molecule has 180 valence electrons. The summed E-state index contributed by atoms with van der Waals surface area (Å²) in [6.07, 6.45) is 3.27. The molecule has 4 rings (SSSR count). The van der Waals surface area contributed by atoms with Gasteiger partial charge < -0.3 is 20.5 Å². The number of para-hydroxylation sites is 1. The standard InChI is InChI=1S/C25H25ClN6O3/c1-15(2)20-10-11-32(31-20)23-19(26)14-28-25(30-23)29-21-12-17(33)9-8-16(21)13-27-24(34)18-6-4-5-7-22(18)35-3/h4-12,14-15,33H,13H2,1-3H3,(H,27,34)(H,28,29,30). The van der Waals surface area contributed by atoms with Crippen molar-refractivity contribution in [2.75, 3.05) is 12.4 Å². The molecule has 10 heteroatoms. The van der Waals surface area contributed by atoms with E-state index in [9.17, 15) is 9.90 Å². The summed E-state index contributed by atoms with van der Waals surface area (Å²) in [6, 6.07) is 13.7. The van der Waals surface area contributed by atoms with Crippen molar-refractivity contribution in [3.8, 4) is 17.3 Å². The lowest BCUT2D eigenvalue weighted by atomic mass is 10.1. The number of rotatable bonds is 8. The van der Waals surface area contributed by atoms with Crippen molar-refractivity contribution in [1.82, 2.24) is 25.1 Å². The first-order chi connectivity index (χ1) is 16.9. The van der Waals surface area contributed by atoms with Crippen molar-refractivity contribution in [3.63, 3.8) is 0 Å². The quantitative estimate of drug-likeness (QED) is 0.323. The van der Waals surface area contributed by atoms with E-state index in [-0.39, 0.29) is 30.1 Å². The fraction of sp³-hybridized carbons (Fsp3) is 0.200. The zero-order chi connectivity index (χ0) is 24.9. The molecular formula is C25H25ClN6O3. The third-order valence-electron chi connectivity index (χ3n) is 5.27. The summed E-state index contributed by atoms with van der Waals surface area (Å²) in [5.74, 6) is 1.18. The van der Waals surface area contributed by atoms with Crippen LogP contribution in [0.5, 0.6) is 11.5 Å². The molecule has 1 amide bonds. The highest BCUT2D eigenvalue weighted by molar-refractivity contribution is 6.32. The van der Waals surface area contributed by atoms with Crippen LogP contribution in [0.25, 0.3) is 5.82 Å². The van der Waals surface area contributed by atoms with Crippen LogP contribution < -0.4 is 15.4 Å². The number of halogens is 1. The van der Waals surface area contributed by atoms with Gasteiger partial charge in [0.15, 0.2) is 5.82 Å². The molecule has 4 aromatic rings. The minimum Gasteiger partial charge on any atom is -0.508 e. The molecule has 2 aromatic carbocycles. The molecule has 0 aliphatic rings. The van der Waals surface area contributed by atoms with Gasteiger partial charge in [-0.1, -0.05) is 43.6 Å². The third kappa shape index (κ3) is 5.52. The number of hydrogen-bond acceptors (Lipinski definition) is 7. The van der Waals surface area contributed by atoms with Crippen LogP contribution in [-0.2, 0) is 6.54 Å². The van der Waals surface area contributed by atoms with Crippen LogP contribution in [0.3, 0.4) is 0 Å². The van der Waals surface area contributed by atoms with Crippen LogP contribution in [0.4, 0.5) is 11.6 Å². The van der Waals surface area contributed by atoms with Crippen molar-refractivity contribution in [2.24, 2.45) is 0 Å². The Kier molecular flexibility index (Phi) is 7.17. The van der Waals surface area contributed by atoms with E-state index >= 15 is 0 Å². The number of aromatic hydroxyl groups is 1. The van der Waals surface area contributed by atoms with Crippen LogP contribution in [-0.4, -0.2) is 37.9 Å². The molecule has 0 unspecified atom stereocenters. The number of methoxy groups -OCH3 is 1. The molecule has 2 heterocycles. The molecule has 9 nitrogen and oxygen atoms in total. The average Bonchev–Trinajstić information content (AvgIpc) is 3.35. The lowest BCUT2D eigenvalue weighted by molar-refractivity contribution is 0.0948. The Balaban J connectivity index is 1.56. The van der Waals surface area contributed by atoms with Gasteiger partial charge in [-0.15, -0.1) is 0 Å². The average molecular weight is 493 g/mol. The van der Waals surface area contributed by atoms with Gasteiger partial charge in [0.25, 0.3) is 5.91 Å². The van der Waals surface area contributed by atoms with Crippen LogP contribution in [0.2, 0.25) is 5.02 Å². The first-order valence-electron chi connectivity index (χ1n) is 10.9. The van der Waals surface area contributed by atoms with E-state index in [0.29, 0.717) is 33.4 Å². The summed E-state index contributed by atoms with van der Waals surface area (Å²) >= 11 is 6.34. The molecule has 0 bridgehead atoms. The summed E-state index contributed by atoms with van der Waals surface area (Å²) in [5, 5.41) is 20.9. The Labute approximate surface area is 207 Å². The van der Waals surface area contributed by atoms with Crippen molar-refractivity contribution in [2.45, 2.75) is 26.3 Å². The van der Waals surface area contributed by atoms with Gasteiger partial charge in [0.1, 0.15) is 16.5 Å². The predicted octanol–water partition coefficient (Wildman–Crippen LogP) is 4.83. The van der Waals surface area contributed by atoms with Crippen molar-refractivity contribution >= 4 is 29.1 Å². The highest BCUT2D eigenvalue weighted by atomic mass is 35.5. The number of nitrogens with zero attached hydrogens (tertiary/aromatic N) is 4. The number of benzene rings is 2. The molecule has 0 aliphatic heterocycles. The number of hydrogen-bond donors (Lipinski definition) is 3. The molecule has 0 radical (unpaired) electrons. The Hall–Kier alpha value is -4.11. The second kappa shape index (κ2) is 10.4. The highest BCUT2D eigenvalue weighted by Crippen LogP contribution is 2.26. The van der Waals surface area contributed by atoms with E-state index in [1.165, 1.54) is 19.4 Å². The second-order valence-electron chi connectivity index (χ2n) is 8.05. The van der Waals surface area contributed by atoms with Crippen molar-refractivity contribution in [1.29, 1.82) is 0 Å². The molecule has 0 saturated carbocycles. The monoisotopic (exact) mass is 492 g/mol. The number of nitrogens with one attached hydrogen (secondary N) is 2. The number of phenolic OH excluding ortho intramolecular Hbond substituents is 1. The SMILES string of the molecule is COc1ccccc1C(=O)NCc1ccc(O)cc1Nc1ncc(Cl)c(-n2ccc(C(C)C)n2)n1. The largest absolute Gasteiger partial charge is 0.508 e. The molecule has 0 spiro atoms. The summed E-state index contributed by atoms with van der Waals surface area (Å²) in [7, 11) is 1.52. The van der Waals surface area contributed by atoms with Gasteiger partial charge in [0, 0.05) is 24.5 Å². The molecule has 0 aliphatic carbocycles. The van der Waals surface area contributed by atoms with E-state index in [0.717, 1.165) is 5.69 Å². The minimum absolute atomic E-state index is 0.0511. The van der Waals surface area contributed by atoms with Gasteiger partial charge >= 0.3 is 0 Å². The molecule has 35 heavy (non-hydrogen) atoms. The topological polar surface area (TPSA) is 114 Å². The third-order valence-corrected chi connectivity index (χ3v) is 5.54. The van der Waals surface area contributed by atoms with Gasteiger partial charge in [-0.05, 0) is 35.7 Å². The lowest BCUT2D eigenvalue weighted by Gasteiger charge is -2.14. The number of amides is 1. The summed E-state index contributed by atoms with van der Waals surface area (Å²) < 4.78 is 6.87. The maximum absolute atomic E-state index is 12.7. The number of carbonyl (C=O) groups is 1. The van der Waals surface area contributed by atoms with Gasteiger partial charge in [-0.25, -0.2) is 9.67 Å². The van der Waals surface area contributed by atoms with Gasteiger partial charge in [-0.2, -0.15) is 10.1 Å². The molecule has 0 atom stereocenters. The molecule has 3 N–H and O–H groups in total. The second-order valence-corrected chi connectivity index (χ2v) is 8.46. The Morgan fingerprint density at radius 1 is 1.20 bits per heavy atom. The number of anilines is 2. The predicted molar refractivity (Wildman–Crippen MR) is 134 cm³/mol. The van der Waals surface area contributed by atoms with E-state index in [4.69, 9.17) is 16.3 Å². The zero-order valence-corrected chi connectivity index (χ0v) is 20.2. The fourth-order valence-corrected chi connectivity index (χ4v) is 3.58. The maximum Gasteiger partial charge on any atom is 0.255 e. The summed E-state index contributed by atoms with van der Waals surface area (Å²) in [6.45, 7) is 4.30. The van der Waals surface area contributed by atoms with Crippen molar-refractivity contribution < 1.29 is 14.6 Å². The van der Waals surface area contributed by atoms with E-state index in [2.05, 4.69) is 39.5 Å². The molecule has 2 aromatic heterocycles. The number of phenols is 1. The molecule has 0 fully saturated rings. The van der Waals surface area contributed by atoms with Crippen molar-refractivity contribution in [3.05, 3.63) is 82.8 Å². The Morgan fingerprint density at radius 2 is 2.00 bits per heavy atom. The van der Waals surface area contributed by atoms with Crippen LogP contribution in [0.1, 0.15) is 41.4 Å². The number of carbonyl (C=O) groups excluding carboxylic acids is 1. The number of aromatic nitrogens is 4. The summed E-state index contributed by atoms with van der Waals surface area (Å²) in [5.41, 5.74) is 2.58. The minimum atomic E-state index is -0.286. The van der Waals surface area contributed by atoms with Crippen LogP contribution >= 0.6 is 11.6 Å². The smallest absolute Gasteiger partial charge is 0.255 e. The van der Waals surface area contributed by atoms with Gasteiger partial charge in [-0.3, -0.25) is 4.79 Å². The van der Waals surface area contributed by atoms with E-state index in [1.54, 1.807) is 47.3 Å². The molecular weight excluding hydrogens is 468 g/mol. The summed E-state index contributed by atoms with van der Waals surface area (Å²) in [4.78, 5) is 21.5. The molecule has 0 saturated heterocycles. The maximum atomic E-state index is 12.7.